The molecular weight excluding hydrogens is 178 g/mol. The zero-order chi connectivity index (χ0) is 10.6. The molecule has 0 aliphatic carbocycles. The third-order valence-electron chi connectivity index (χ3n) is 2.71. The Morgan fingerprint density at radius 1 is 1.29 bits per heavy atom. The molecule has 1 aliphatic rings. The number of rotatable bonds is 3. The van der Waals surface area contributed by atoms with Gasteiger partial charge in [0.25, 0.3) is 0 Å². The van der Waals surface area contributed by atoms with E-state index in [4.69, 9.17) is 0 Å². The average molecular weight is 199 g/mol. The van der Waals surface area contributed by atoms with Crippen LogP contribution >= 0.6 is 0 Å². The Balaban J connectivity index is 2.44. The molecule has 0 aromatic rings. The molecule has 1 heterocycles. The molecule has 0 radical (unpaired) electrons. The smallest absolute Gasteiger partial charge is 0.241 e. The number of likely N-dealkylation sites (N-methyl/N-ethyl adjacent to an activating group) is 1. The Kier molecular flexibility index (Phi) is 4.35. The Morgan fingerprint density at radius 3 is 2.36 bits per heavy atom. The van der Waals surface area contributed by atoms with E-state index in [2.05, 4.69) is 17.6 Å². The minimum atomic E-state index is -0.0360. The SMILES string of the molecule is CCN(CC)C(=O)C1CNC(C)CN1. The topological polar surface area (TPSA) is 44.4 Å². The number of carbonyl (C=O) groups is 1. The number of hydrogen-bond acceptors (Lipinski definition) is 3. The van der Waals surface area contributed by atoms with Crippen LogP contribution in [0.3, 0.4) is 0 Å². The first-order valence-electron chi connectivity index (χ1n) is 5.44. The number of piperazine rings is 1. The van der Waals surface area contributed by atoms with Gasteiger partial charge < -0.3 is 15.5 Å². The van der Waals surface area contributed by atoms with Gasteiger partial charge in [0.05, 0.1) is 6.04 Å². The van der Waals surface area contributed by atoms with Crippen molar-refractivity contribution in [3.8, 4) is 0 Å². The highest BCUT2D eigenvalue weighted by Crippen LogP contribution is 1.99. The van der Waals surface area contributed by atoms with Gasteiger partial charge in [-0.3, -0.25) is 4.79 Å². The molecular formula is C10H21N3O. The molecule has 1 aliphatic heterocycles. The molecule has 0 bridgehead atoms. The van der Waals surface area contributed by atoms with Gasteiger partial charge in [0.1, 0.15) is 0 Å². The van der Waals surface area contributed by atoms with Crippen LogP contribution in [-0.2, 0) is 4.79 Å². The second-order valence-corrected chi connectivity index (χ2v) is 3.78. The van der Waals surface area contributed by atoms with E-state index in [-0.39, 0.29) is 11.9 Å². The molecule has 14 heavy (non-hydrogen) atoms. The zero-order valence-electron chi connectivity index (χ0n) is 9.34. The first-order chi connectivity index (χ1) is 6.69. The van der Waals surface area contributed by atoms with Crippen molar-refractivity contribution in [1.29, 1.82) is 0 Å². The van der Waals surface area contributed by atoms with Crippen molar-refractivity contribution in [3.63, 3.8) is 0 Å². The Morgan fingerprint density at radius 2 is 1.93 bits per heavy atom. The van der Waals surface area contributed by atoms with Crippen molar-refractivity contribution < 1.29 is 4.79 Å². The molecule has 0 aromatic heterocycles. The number of amides is 1. The number of nitrogens with one attached hydrogen (secondary N) is 2. The number of nitrogens with zero attached hydrogens (tertiary/aromatic N) is 1. The van der Waals surface area contributed by atoms with E-state index >= 15 is 0 Å². The third-order valence-corrected chi connectivity index (χ3v) is 2.71. The van der Waals surface area contributed by atoms with Crippen LogP contribution in [0.5, 0.6) is 0 Å². The van der Waals surface area contributed by atoms with Gasteiger partial charge in [-0.15, -0.1) is 0 Å². The molecule has 0 aromatic carbocycles. The molecule has 1 fully saturated rings. The second kappa shape index (κ2) is 5.32. The Labute approximate surface area is 86.0 Å². The van der Waals surface area contributed by atoms with E-state index < -0.39 is 0 Å². The van der Waals surface area contributed by atoms with Crippen molar-refractivity contribution in [2.75, 3.05) is 26.2 Å². The fraction of sp³-hybridized carbons (Fsp3) is 0.900. The lowest BCUT2D eigenvalue weighted by Crippen LogP contribution is -2.59. The summed E-state index contributed by atoms with van der Waals surface area (Å²) in [7, 11) is 0. The van der Waals surface area contributed by atoms with Crippen LogP contribution in [0.2, 0.25) is 0 Å². The molecule has 1 rings (SSSR count). The van der Waals surface area contributed by atoms with Gasteiger partial charge in [-0.25, -0.2) is 0 Å². The van der Waals surface area contributed by atoms with Crippen LogP contribution in [0.25, 0.3) is 0 Å². The lowest BCUT2D eigenvalue weighted by Gasteiger charge is -2.31. The molecule has 1 amide bonds. The first-order valence-corrected chi connectivity index (χ1v) is 5.44. The summed E-state index contributed by atoms with van der Waals surface area (Å²) in [5.41, 5.74) is 0. The number of carbonyl (C=O) groups excluding carboxylic acids is 1. The summed E-state index contributed by atoms with van der Waals surface area (Å²) in [6, 6.07) is 0.432. The lowest BCUT2D eigenvalue weighted by molar-refractivity contribution is -0.133. The van der Waals surface area contributed by atoms with Gasteiger partial charge in [0, 0.05) is 32.2 Å². The van der Waals surface area contributed by atoms with Crippen molar-refractivity contribution in [3.05, 3.63) is 0 Å². The van der Waals surface area contributed by atoms with Crippen LogP contribution in [0.15, 0.2) is 0 Å². The van der Waals surface area contributed by atoms with E-state index in [1.165, 1.54) is 0 Å². The minimum Gasteiger partial charge on any atom is -0.342 e. The van der Waals surface area contributed by atoms with Gasteiger partial charge >= 0.3 is 0 Å². The van der Waals surface area contributed by atoms with Crippen molar-refractivity contribution in [1.82, 2.24) is 15.5 Å². The molecule has 1 saturated heterocycles. The maximum Gasteiger partial charge on any atom is 0.241 e. The summed E-state index contributed by atoms with van der Waals surface area (Å²) in [6.45, 7) is 9.35. The summed E-state index contributed by atoms with van der Waals surface area (Å²) in [6.07, 6.45) is 0. The Hall–Kier alpha value is -0.610. The average Bonchev–Trinajstić information content (AvgIpc) is 2.20. The molecule has 0 saturated carbocycles. The van der Waals surface area contributed by atoms with Gasteiger partial charge in [0.15, 0.2) is 0 Å². The predicted molar refractivity (Wildman–Crippen MR) is 57.2 cm³/mol. The normalized spacial score (nSPS) is 27.4. The minimum absolute atomic E-state index is 0.0360. The fourth-order valence-electron chi connectivity index (χ4n) is 1.71. The van der Waals surface area contributed by atoms with E-state index in [1.807, 2.05) is 18.7 Å². The highest BCUT2D eigenvalue weighted by atomic mass is 16.2. The van der Waals surface area contributed by atoms with Crippen LogP contribution in [0.4, 0.5) is 0 Å². The van der Waals surface area contributed by atoms with Gasteiger partial charge in [-0.05, 0) is 20.8 Å². The highest BCUT2D eigenvalue weighted by Gasteiger charge is 2.25. The van der Waals surface area contributed by atoms with Crippen LogP contribution in [-0.4, -0.2) is 49.1 Å². The third kappa shape index (κ3) is 2.69. The quantitative estimate of drug-likeness (QED) is 0.662. The summed E-state index contributed by atoms with van der Waals surface area (Å²) < 4.78 is 0. The van der Waals surface area contributed by atoms with E-state index in [0.29, 0.717) is 6.04 Å². The largest absolute Gasteiger partial charge is 0.342 e. The van der Waals surface area contributed by atoms with Crippen molar-refractivity contribution in [2.24, 2.45) is 0 Å². The molecule has 0 spiro atoms. The summed E-state index contributed by atoms with van der Waals surface area (Å²) >= 11 is 0. The molecule has 2 atom stereocenters. The summed E-state index contributed by atoms with van der Waals surface area (Å²) in [5.74, 6) is 0.217. The molecule has 2 unspecified atom stereocenters. The molecule has 82 valence electrons. The van der Waals surface area contributed by atoms with Crippen LogP contribution in [0.1, 0.15) is 20.8 Å². The molecule has 2 N–H and O–H groups in total. The fourth-order valence-corrected chi connectivity index (χ4v) is 1.71. The van der Waals surface area contributed by atoms with Crippen molar-refractivity contribution in [2.45, 2.75) is 32.9 Å². The summed E-state index contributed by atoms with van der Waals surface area (Å²) in [4.78, 5) is 13.8. The monoisotopic (exact) mass is 199 g/mol. The second-order valence-electron chi connectivity index (χ2n) is 3.78. The highest BCUT2D eigenvalue weighted by molar-refractivity contribution is 5.82. The van der Waals surface area contributed by atoms with Crippen LogP contribution in [0, 0.1) is 0 Å². The maximum absolute atomic E-state index is 11.9. The summed E-state index contributed by atoms with van der Waals surface area (Å²) in [5, 5.41) is 6.57. The van der Waals surface area contributed by atoms with Gasteiger partial charge in [-0.2, -0.15) is 0 Å². The van der Waals surface area contributed by atoms with Crippen LogP contribution < -0.4 is 10.6 Å². The predicted octanol–water partition coefficient (Wildman–Crippen LogP) is -0.195. The first kappa shape index (κ1) is 11.5. The molecule has 4 nitrogen and oxygen atoms in total. The maximum atomic E-state index is 11.9. The Bertz CT molecular complexity index is 184. The van der Waals surface area contributed by atoms with E-state index in [0.717, 1.165) is 26.2 Å². The standard InChI is InChI=1S/C10H21N3O/c1-4-13(5-2)10(14)9-7-11-8(3)6-12-9/h8-9,11-12H,4-7H2,1-3H3. The van der Waals surface area contributed by atoms with Gasteiger partial charge in [-0.1, -0.05) is 0 Å². The molecule has 4 heteroatoms. The number of hydrogen-bond donors (Lipinski definition) is 2. The van der Waals surface area contributed by atoms with Crippen molar-refractivity contribution >= 4 is 5.91 Å². The van der Waals surface area contributed by atoms with E-state index in [1.54, 1.807) is 0 Å². The van der Waals surface area contributed by atoms with Gasteiger partial charge in [0.2, 0.25) is 5.91 Å². The lowest BCUT2D eigenvalue weighted by atomic mass is 10.1. The van der Waals surface area contributed by atoms with E-state index in [9.17, 15) is 4.79 Å². The zero-order valence-corrected chi connectivity index (χ0v) is 9.34.